The van der Waals surface area contributed by atoms with Crippen LogP contribution < -0.4 is 0 Å². The van der Waals surface area contributed by atoms with Crippen molar-refractivity contribution < 1.29 is 9.59 Å². The molecule has 0 unspecified atom stereocenters. The maximum atomic E-state index is 12.6. The van der Waals surface area contributed by atoms with E-state index in [2.05, 4.69) is 0 Å². The molecule has 0 spiro atoms. The number of amides is 2. The standard InChI is InChI=1S/C18H13Cl2NO2/c1-11-2-4-12(5-3-11)10-21-17(22)15(16(20)18(21)23)13-6-8-14(19)9-7-13/h2-9H,10H2,1H3. The van der Waals surface area contributed by atoms with Gasteiger partial charge < -0.3 is 0 Å². The quantitative estimate of drug-likeness (QED) is 0.783. The van der Waals surface area contributed by atoms with Gasteiger partial charge in [0, 0.05) is 5.02 Å². The lowest BCUT2D eigenvalue weighted by molar-refractivity contribution is -0.137. The van der Waals surface area contributed by atoms with Gasteiger partial charge in [0.05, 0.1) is 12.1 Å². The molecule has 2 amide bonds. The highest BCUT2D eigenvalue weighted by Crippen LogP contribution is 2.33. The molecule has 5 heteroatoms. The van der Waals surface area contributed by atoms with E-state index in [0.29, 0.717) is 10.6 Å². The predicted octanol–water partition coefficient (Wildman–Crippen LogP) is 4.17. The second-order valence-corrected chi connectivity index (χ2v) is 6.19. The summed E-state index contributed by atoms with van der Waals surface area (Å²) in [6.07, 6.45) is 0. The van der Waals surface area contributed by atoms with E-state index < -0.39 is 5.91 Å². The Labute approximate surface area is 144 Å². The van der Waals surface area contributed by atoms with Crippen LogP contribution in [-0.2, 0) is 16.1 Å². The van der Waals surface area contributed by atoms with Crippen molar-refractivity contribution in [2.45, 2.75) is 13.5 Å². The van der Waals surface area contributed by atoms with E-state index in [0.717, 1.165) is 16.0 Å². The van der Waals surface area contributed by atoms with Gasteiger partial charge in [-0.1, -0.05) is 65.2 Å². The first-order valence-corrected chi connectivity index (χ1v) is 7.80. The van der Waals surface area contributed by atoms with Crippen LogP contribution in [0.3, 0.4) is 0 Å². The van der Waals surface area contributed by atoms with E-state index in [1.54, 1.807) is 24.3 Å². The largest absolute Gasteiger partial charge is 0.273 e. The van der Waals surface area contributed by atoms with E-state index in [9.17, 15) is 9.59 Å². The molecule has 1 aliphatic heterocycles. The van der Waals surface area contributed by atoms with Crippen LogP contribution in [0.4, 0.5) is 0 Å². The molecule has 0 saturated heterocycles. The Morgan fingerprint density at radius 2 is 1.48 bits per heavy atom. The van der Waals surface area contributed by atoms with Gasteiger partial charge in [-0.05, 0) is 30.2 Å². The summed E-state index contributed by atoms with van der Waals surface area (Å²) in [5, 5.41) is 0.503. The van der Waals surface area contributed by atoms with Crippen molar-refractivity contribution in [1.29, 1.82) is 0 Å². The molecule has 0 atom stereocenters. The Bertz CT molecular complexity index is 808. The molecule has 0 bridgehead atoms. The van der Waals surface area contributed by atoms with E-state index in [4.69, 9.17) is 23.2 Å². The zero-order chi connectivity index (χ0) is 16.6. The molecular formula is C18H13Cl2NO2. The van der Waals surface area contributed by atoms with Crippen molar-refractivity contribution in [2.24, 2.45) is 0 Å². The summed E-state index contributed by atoms with van der Waals surface area (Å²) < 4.78 is 0. The average Bonchev–Trinajstić information content (AvgIpc) is 2.74. The second kappa shape index (κ2) is 6.19. The number of hydrogen-bond acceptors (Lipinski definition) is 2. The van der Waals surface area contributed by atoms with Crippen LogP contribution in [0.15, 0.2) is 53.6 Å². The number of hydrogen-bond donors (Lipinski definition) is 0. The van der Waals surface area contributed by atoms with Crippen molar-refractivity contribution in [3.63, 3.8) is 0 Å². The fraction of sp³-hybridized carbons (Fsp3) is 0.111. The zero-order valence-corrected chi connectivity index (χ0v) is 13.9. The average molecular weight is 346 g/mol. The van der Waals surface area contributed by atoms with E-state index in [1.165, 1.54) is 0 Å². The molecule has 0 radical (unpaired) electrons. The zero-order valence-electron chi connectivity index (χ0n) is 12.3. The normalized spacial score (nSPS) is 14.8. The topological polar surface area (TPSA) is 37.4 Å². The number of imide groups is 1. The molecule has 3 nitrogen and oxygen atoms in total. The van der Waals surface area contributed by atoms with Gasteiger partial charge in [0.15, 0.2) is 0 Å². The number of benzene rings is 2. The molecule has 1 heterocycles. The molecule has 0 aromatic heterocycles. The maximum Gasteiger partial charge on any atom is 0.273 e. The molecular weight excluding hydrogens is 333 g/mol. The monoisotopic (exact) mass is 345 g/mol. The lowest BCUT2D eigenvalue weighted by Gasteiger charge is -2.15. The Kier molecular flexibility index (Phi) is 4.24. The number of nitrogens with zero attached hydrogens (tertiary/aromatic N) is 1. The van der Waals surface area contributed by atoms with Crippen LogP contribution in [0.25, 0.3) is 5.57 Å². The molecule has 0 saturated carbocycles. The number of halogens is 2. The summed E-state index contributed by atoms with van der Waals surface area (Å²) in [4.78, 5) is 26.1. The van der Waals surface area contributed by atoms with Gasteiger partial charge in [-0.2, -0.15) is 0 Å². The lowest BCUT2D eigenvalue weighted by atomic mass is 10.1. The second-order valence-electron chi connectivity index (χ2n) is 5.38. The fourth-order valence-electron chi connectivity index (χ4n) is 2.43. The fourth-order valence-corrected chi connectivity index (χ4v) is 2.85. The highest BCUT2D eigenvalue weighted by Gasteiger charge is 2.38. The third kappa shape index (κ3) is 3.03. The molecule has 2 aromatic carbocycles. The van der Waals surface area contributed by atoms with Crippen LogP contribution in [-0.4, -0.2) is 16.7 Å². The van der Waals surface area contributed by atoms with Crippen LogP contribution >= 0.6 is 23.2 Å². The Morgan fingerprint density at radius 3 is 2.09 bits per heavy atom. The van der Waals surface area contributed by atoms with Gasteiger partial charge in [-0.25, -0.2) is 0 Å². The number of carbonyl (C=O) groups is 2. The van der Waals surface area contributed by atoms with E-state index in [1.807, 2.05) is 31.2 Å². The molecule has 3 rings (SSSR count). The molecule has 23 heavy (non-hydrogen) atoms. The van der Waals surface area contributed by atoms with Gasteiger partial charge in [0.1, 0.15) is 5.03 Å². The van der Waals surface area contributed by atoms with Crippen LogP contribution in [0.5, 0.6) is 0 Å². The smallest absolute Gasteiger partial charge is 0.269 e. The molecule has 2 aromatic rings. The van der Waals surface area contributed by atoms with Crippen molar-refractivity contribution in [3.05, 3.63) is 75.3 Å². The molecule has 1 aliphatic rings. The van der Waals surface area contributed by atoms with Gasteiger partial charge in [0.25, 0.3) is 11.8 Å². The lowest BCUT2D eigenvalue weighted by Crippen LogP contribution is -2.30. The Balaban J connectivity index is 1.89. The molecule has 116 valence electrons. The highest BCUT2D eigenvalue weighted by molar-refractivity contribution is 6.55. The Morgan fingerprint density at radius 1 is 0.870 bits per heavy atom. The van der Waals surface area contributed by atoms with Crippen LogP contribution in [0.1, 0.15) is 16.7 Å². The minimum Gasteiger partial charge on any atom is -0.269 e. The first-order chi connectivity index (χ1) is 11.0. The summed E-state index contributed by atoms with van der Waals surface area (Å²) in [6.45, 7) is 2.18. The minimum atomic E-state index is -0.470. The first kappa shape index (κ1) is 15.8. The first-order valence-electron chi connectivity index (χ1n) is 7.05. The van der Waals surface area contributed by atoms with Crippen molar-refractivity contribution in [1.82, 2.24) is 4.90 Å². The van der Waals surface area contributed by atoms with E-state index >= 15 is 0 Å². The Hall–Kier alpha value is -2.10. The van der Waals surface area contributed by atoms with Gasteiger partial charge >= 0.3 is 0 Å². The molecule has 0 fully saturated rings. The summed E-state index contributed by atoms with van der Waals surface area (Å²) in [5.74, 6) is -0.856. The number of aryl methyl sites for hydroxylation is 1. The van der Waals surface area contributed by atoms with Crippen LogP contribution in [0.2, 0.25) is 5.02 Å². The van der Waals surface area contributed by atoms with Crippen molar-refractivity contribution >= 4 is 40.6 Å². The molecule has 0 N–H and O–H groups in total. The third-order valence-corrected chi connectivity index (χ3v) is 4.31. The minimum absolute atomic E-state index is 0.0514. The van der Waals surface area contributed by atoms with Gasteiger partial charge in [-0.3, -0.25) is 14.5 Å². The van der Waals surface area contributed by atoms with Crippen molar-refractivity contribution in [2.75, 3.05) is 0 Å². The van der Waals surface area contributed by atoms with Crippen LogP contribution in [0, 0.1) is 6.92 Å². The highest BCUT2D eigenvalue weighted by atomic mass is 35.5. The van der Waals surface area contributed by atoms with Gasteiger partial charge in [0.2, 0.25) is 0 Å². The number of rotatable bonds is 3. The summed E-state index contributed by atoms with van der Waals surface area (Å²) in [7, 11) is 0. The number of carbonyl (C=O) groups excluding carboxylic acids is 2. The summed E-state index contributed by atoms with van der Waals surface area (Å²) >= 11 is 12.0. The predicted molar refractivity (Wildman–Crippen MR) is 91.0 cm³/mol. The van der Waals surface area contributed by atoms with E-state index in [-0.39, 0.29) is 23.1 Å². The maximum absolute atomic E-state index is 12.6. The summed E-state index contributed by atoms with van der Waals surface area (Å²) in [6, 6.07) is 14.4. The van der Waals surface area contributed by atoms with Crippen molar-refractivity contribution in [3.8, 4) is 0 Å². The SMILES string of the molecule is Cc1ccc(CN2C(=O)C(Cl)=C(c3ccc(Cl)cc3)C2=O)cc1. The third-order valence-electron chi connectivity index (χ3n) is 3.71. The van der Waals surface area contributed by atoms with Gasteiger partial charge in [-0.15, -0.1) is 0 Å². The molecule has 0 aliphatic carbocycles. The summed E-state index contributed by atoms with van der Waals surface area (Å²) in [5.41, 5.74) is 2.80.